The van der Waals surface area contributed by atoms with Crippen molar-refractivity contribution in [3.63, 3.8) is 0 Å². The maximum absolute atomic E-state index is 10.7. The van der Waals surface area contributed by atoms with E-state index in [-0.39, 0.29) is 34.6 Å². The van der Waals surface area contributed by atoms with Gasteiger partial charge in [0.25, 0.3) is 5.69 Å². The Balaban J connectivity index is 0.00000200. The summed E-state index contributed by atoms with van der Waals surface area (Å²) in [7, 11) is 1.72. The third-order valence-electron chi connectivity index (χ3n) is 3.06. The van der Waals surface area contributed by atoms with Crippen molar-refractivity contribution in [2.75, 3.05) is 13.6 Å². The van der Waals surface area contributed by atoms with Crippen LogP contribution in [0.1, 0.15) is 18.4 Å². The predicted octanol–water partition coefficient (Wildman–Crippen LogP) is 2.29. The van der Waals surface area contributed by atoms with E-state index in [0.717, 1.165) is 24.0 Å². The van der Waals surface area contributed by atoms with Gasteiger partial charge >= 0.3 is 0 Å². The molecular weight excluding hydrogens is 371 g/mol. The monoisotopic (exact) mass is 390 g/mol. The molecule has 1 aromatic rings. The number of rotatable bonds is 5. The van der Waals surface area contributed by atoms with Crippen molar-refractivity contribution in [3.05, 3.63) is 39.9 Å². The van der Waals surface area contributed by atoms with Gasteiger partial charge in [-0.15, -0.1) is 24.0 Å². The number of hydrogen-bond acceptors (Lipinski definition) is 3. The molecule has 20 heavy (non-hydrogen) atoms. The minimum Gasteiger partial charge on any atom is -0.356 e. The van der Waals surface area contributed by atoms with Crippen molar-refractivity contribution in [2.45, 2.75) is 19.4 Å². The molecule has 0 aromatic heterocycles. The van der Waals surface area contributed by atoms with Gasteiger partial charge in [-0.25, -0.2) is 0 Å². The van der Waals surface area contributed by atoms with Gasteiger partial charge in [0.15, 0.2) is 5.96 Å². The van der Waals surface area contributed by atoms with E-state index in [4.69, 9.17) is 0 Å². The van der Waals surface area contributed by atoms with Crippen LogP contribution in [-0.2, 0) is 6.54 Å². The number of halogens is 1. The fourth-order valence-electron chi connectivity index (χ4n) is 1.75. The second kappa shape index (κ2) is 8.03. The summed E-state index contributed by atoms with van der Waals surface area (Å²) < 4.78 is 0. The minimum atomic E-state index is -0.385. The van der Waals surface area contributed by atoms with Gasteiger partial charge in [0.1, 0.15) is 0 Å². The molecule has 0 heterocycles. The summed E-state index contributed by atoms with van der Waals surface area (Å²) in [5, 5.41) is 17.1. The number of nitrogens with zero attached hydrogens (tertiary/aromatic N) is 2. The quantitative estimate of drug-likeness (QED) is 0.266. The molecule has 0 atom stereocenters. The van der Waals surface area contributed by atoms with E-state index < -0.39 is 0 Å². The number of non-ortho nitro benzene ring substituents is 1. The number of benzene rings is 1. The van der Waals surface area contributed by atoms with E-state index in [1.165, 1.54) is 18.9 Å². The lowest BCUT2D eigenvalue weighted by Gasteiger charge is -2.11. The van der Waals surface area contributed by atoms with Crippen LogP contribution >= 0.6 is 24.0 Å². The summed E-state index contributed by atoms with van der Waals surface area (Å²) >= 11 is 0. The minimum absolute atomic E-state index is 0. The average Bonchev–Trinajstić information content (AvgIpc) is 3.23. The Morgan fingerprint density at radius 2 is 2.20 bits per heavy atom. The molecule has 7 heteroatoms. The van der Waals surface area contributed by atoms with Crippen LogP contribution in [0.4, 0.5) is 5.69 Å². The summed E-state index contributed by atoms with van der Waals surface area (Å²) in [5.41, 5.74) is 0.976. The lowest BCUT2D eigenvalue weighted by atomic mass is 10.2. The fraction of sp³-hybridized carbons (Fsp3) is 0.462. The Kier molecular flexibility index (Phi) is 6.69. The Hall–Kier alpha value is -1.38. The van der Waals surface area contributed by atoms with E-state index in [0.29, 0.717) is 6.54 Å². The SMILES string of the molecule is CN=C(NCc1cccc([N+](=O)[O-])c1)NCC1CC1.I. The molecule has 0 amide bonds. The van der Waals surface area contributed by atoms with Crippen molar-refractivity contribution < 1.29 is 4.92 Å². The van der Waals surface area contributed by atoms with E-state index in [1.54, 1.807) is 19.2 Å². The summed E-state index contributed by atoms with van der Waals surface area (Å²) in [6.45, 7) is 1.46. The molecule has 6 nitrogen and oxygen atoms in total. The molecule has 0 unspecified atom stereocenters. The number of aliphatic imine (C=N–C) groups is 1. The van der Waals surface area contributed by atoms with Gasteiger partial charge in [-0.05, 0) is 24.3 Å². The first-order valence-electron chi connectivity index (χ1n) is 6.37. The topological polar surface area (TPSA) is 79.6 Å². The third kappa shape index (κ3) is 5.32. The largest absolute Gasteiger partial charge is 0.356 e. The molecule has 1 aliphatic rings. The van der Waals surface area contributed by atoms with E-state index in [2.05, 4.69) is 15.6 Å². The summed E-state index contributed by atoms with van der Waals surface area (Å²) in [6, 6.07) is 6.61. The van der Waals surface area contributed by atoms with Gasteiger partial charge in [-0.1, -0.05) is 12.1 Å². The van der Waals surface area contributed by atoms with Crippen LogP contribution in [0.5, 0.6) is 0 Å². The molecule has 2 rings (SSSR count). The summed E-state index contributed by atoms with van der Waals surface area (Å²) in [5.74, 6) is 1.51. The van der Waals surface area contributed by atoms with E-state index in [1.807, 2.05) is 6.07 Å². The first kappa shape index (κ1) is 16.7. The van der Waals surface area contributed by atoms with Crippen molar-refractivity contribution in [3.8, 4) is 0 Å². The Bertz CT molecular complexity index is 489. The average molecular weight is 390 g/mol. The van der Waals surface area contributed by atoms with Crippen LogP contribution in [0.3, 0.4) is 0 Å². The van der Waals surface area contributed by atoms with Crippen molar-refractivity contribution >= 4 is 35.6 Å². The Labute approximate surface area is 135 Å². The fourth-order valence-corrected chi connectivity index (χ4v) is 1.75. The van der Waals surface area contributed by atoms with Crippen LogP contribution in [0.2, 0.25) is 0 Å². The van der Waals surface area contributed by atoms with Crippen molar-refractivity contribution in [1.82, 2.24) is 10.6 Å². The van der Waals surface area contributed by atoms with Crippen LogP contribution < -0.4 is 10.6 Å². The van der Waals surface area contributed by atoms with Gasteiger partial charge in [0.05, 0.1) is 4.92 Å². The van der Waals surface area contributed by atoms with Gasteiger partial charge in [0, 0.05) is 32.3 Å². The number of nitro benzene ring substituents is 1. The lowest BCUT2D eigenvalue weighted by Crippen LogP contribution is -2.37. The molecule has 0 aliphatic heterocycles. The zero-order valence-electron chi connectivity index (χ0n) is 11.3. The smallest absolute Gasteiger partial charge is 0.269 e. The Morgan fingerprint density at radius 1 is 1.45 bits per heavy atom. The van der Waals surface area contributed by atoms with Gasteiger partial charge in [-0.3, -0.25) is 15.1 Å². The van der Waals surface area contributed by atoms with Gasteiger partial charge in [0.2, 0.25) is 0 Å². The highest BCUT2D eigenvalue weighted by Crippen LogP contribution is 2.27. The standard InChI is InChI=1S/C13H18N4O2.HI/c1-14-13(15-8-10-5-6-10)16-9-11-3-2-4-12(7-11)17(18)19;/h2-4,7,10H,5-6,8-9H2,1H3,(H2,14,15,16);1H. The molecule has 0 saturated heterocycles. The molecule has 1 aliphatic carbocycles. The molecule has 1 fully saturated rings. The molecule has 0 spiro atoms. The van der Waals surface area contributed by atoms with Gasteiger partial charge in [-0.2, -0.15) is 0 Å². The molecule has 2 N–H and O–H groups in total. The maximum atomic E-state index is 10.7. The molecule has 110 valence electrons. The normalized spacial score (nSPS) is 14.3. The molecule has 0 radical (unpaired) electrons. The van der Waals surface area contributed by atoms with Crippen LogP contribution in [0, 0.1) is 16.0 Å². The molecular formula is C13H19IN4O2. The molecule has 1 saturated carbocycles. The lowest BCUT2D eigenvalue weighted by molar-refractivity contribution is -0.384. The first-order valence-corrected chi connectivity index (χ1v) is 6.37. The molecule has 0 bridgehead atoms. The van der Waals surface area contributed by atoms with Crippen LogP contribution in [0.25, 0.3) is 0 Å². The maximum Gasteiger partial charge on any atom is 0.269 e. The Morgan fingerprint density at radius 3 is 2.80 bits per heavy atom. The van der Waals surface area contributed by atoms with E-state index >= 15 is 0 Å². The highest BCUT2D eigenvalue weighted by molar-refractivity contribution is 14.0. The summed E-state index contributed by atoms with van der Waals surface area (Å²) in [4.78, 5) is 14.4. The van der Waals surface area contributed by atoms with Crippen LogP contribution in [-0.4, -0.2) is 24.5 Å². The predicted molar refractivity (Wildman–Crippen MR) is 89.4 cm³/mol. The van der Waals surface area contributed by atoms with E-state index in [9.17, 15) is 10.1 Å². The van der Waals surface area contributed by atoms with Crippen molar-refractivity contribution in [1.29, 1.82) is 0 Å². The molecule has 1 aromatic carbocycles. The second-order valence-electron chi connectivity index (χ2n) is 4.68. The third-order valence-corrected chi connectivity index (χ3v) is 3.06. The second-order valence-corrected chi connectivity index (χ2v) is 4.68. The zero-order chi connectivity index (χ0) is 13.7. The number of hydrogen-bond donors (Lipinski definition) is 2. The van der Waals surface area contributed by atoms with Gasteiger partial charge < -0.3 is 10.6 Å². The zero-order valence-corrected chi connectivity index (χ0v) is 13.7. The number of nitro groups is 1. The number of nitrogens with one attached hydrogen (secondary N) is 2. The highest BCUT2D eigenvalue weighted by atomic mass is 127. The highest BCUT2D eigenvalue weighted by Gasteiger charge is 2.21. The summed E-state index contributed by atoms with van der Waals surface area (Å²) in [6.07, 6.45) is 2.57. The van der Waals surface area contributed by atoms with Crippen molar-refractivity contribution in [2.24, 2.45) is 10.9 Å². The first-order chi connectivity index (χ1) is 9.19. The van der Waals surface area contributed by atoms with Crippen LogP contribution in [0.15, 0.2) is 29.3 Å². The number of guanidine groups is 1.